The topological polar surface area (TPSA) is 42.7 Å². The van der Waals surface area contributed by atoms with Crippen molar-refractivity contribution in [2.75, 3.05) is 4.90 Å². The molecule has 0 spiro atoms. The van der Waals surface area contributed by atoms with Crippen molar-refractivity contribution in [1.29, 1.82) is 0 Å². The minimum absolute atomic E-state index is 0.140. The Morgan fingerprint density at radius 2 is 1.27 bits per heavy atom. The molecule has 1 atom stereocenters. The lowest BCUT2D eigenvalue weighted by atomic mass is 9.97. The van der Waals surface area contributed by atoms with Gasteiger partial charge in [0.25, 0.3) is 5.91 Å². The molecule has 0 aliphatic carbocycles. The van der Waals surface area contributed by atoms with Crippen LogP contribution in [0.25, 0.3) is 11.3 Å². The molecule has 2 heterocycles. The molecule has 0 N–H and O–H groups in total. The fraction of sp³-hybridized carbons (Fsp3) is 0.0385. The number of hydrogen-bond donors (Lipinski definition) is 0. The van der Waals surface area contributed by atoms with Gasteiger partial charge in [-0.1, -0.05) is 78.9 Å². The molecule has 4 heteroatoms. The van der Waals surface area contributed by atoms with Gasteiger partial charge in [0.15, 0.2) is 5.76 Å². The van der Waals surface area contributed by atoms with Crippen LogP contribution in [0.2, 0.25) is 0 Å². The van der Waals surface area contributed by atoms with Gasteiger partial charge in [-0.15, -0.1) is 0 Å². The fourth-order valence-corrected chi connectivity index (χ4v) is 3.67. The van der Waals surface area contributed by atoms with Crippen LogP contribution in [0.15, 0.2) is 114 Å². The molecule has 0 radical (unpaired) electrons. The molecule has 1 aliphatic rings. The lowest BCUT2D eigenvalue weighted by Gasteiger charge is -2.37. The van der Waals surface area contributed by atoms with Crippen molar-refractivity contribution in [2.24, 2.45) is 0 Å². The predicted octanol–water partition coefficient (Wildman–Crippen LogP) is 5.91. The summed E-state index contributed by atoms with van der Waals surface area (Å²) < 4.78 is 12.2. The van der Waals surface area contributed by atoms with E-state index in [1.165, 1.54) is 0 Å². The molecule has 30 heavy (non-hydrogen) atoms. The Morgan fingerprint density at radius 3 is 1.87 bits per heavy atom. The lowest BCUT2D eigenvalue weighted by Crippen LogP contribution is -2.40. The number of ether oxygens (including phenoxy) is 1. The Morgan fingerprint density at radius 1 is 0.667 bits per heavy atom. The number of furan rings is 1. The predicted molar refractivity (Wildman–Crippen MR) is 116 cm³/mol. The van der Waals surface area contributed by atoms with E-state index in [4.69, 9.17) is 9.15 Å². The second kappa shape index (κ2) is 7.76. The van der Waals surface area contributed by atoms with Crippen LogP contribution in [0.1, 0.15) is 23.1 Å². The highest BCUT2D eigenvalue weighted by molar-refractivity contribution is 6.32. The number of nitrogens with zero attached hydrogens (tertiary/aromatic N) is 1. The van der Waals surface area contributed by atoms with E-state index in [2.05, 4.69) is 0 Å². The molecule has 1 aromatic heterocycles. The zero-order valence-corrected chi connectivity index (χ0v) is 16.1. The number of anilines is 1. The summed E-state index contributed by atoms with van der Waals surface area (Å²) in [4.78, 5) is 15.6. The van der Waals surface area contributed by atoms with Gasteiger partial charge in [0, 0.05) is 11.3 Å². The Bertz CT molecular complexity index is 1170. The van der Waals surface area contributed by atoms with Crippen LogP contribution >= 0.6 is 0 Å². The summed E-state index contributed by atoms with van der Waals surface area (Å²) in [6.45, 7) is 0. The molecular formula is C26H19NO3. The third-order valence-electron chi connectivity index (χ3n) is 5.04. The highest BCUT2D eigenvalue weighted by Gasteiger charge is 2.40. The number of benzene rings is 3. The molecule has 4 nitrogen and oxygen atoms in total. The summed E-state index contributed by atoms with van der Waals surface area (Å²) >= 11 is 0. The van der Waals surface area contributed by atoms with E-state index in [-0.39, 0.29) is 5.91 Å². The number of carbonyl (C=O) groups is 1. The molecule has 1 aliphatic heterocycles. The Balaban J connectivity index is 1.75. The van der Waals surface area contributed by atoms with E-state index in [1.54, 1.807) is 17.2 Å². The van der Waals surface area contributed by atoms with Gasteiger partial charge in [-0.25, -0.2) is 0 Å². The number of carbonyl (C=O) groups excluding carboxylic acids is 1. The molecule has 3 aromatic carbocycles. The SMILES string of the molecule is O=C1C(c2ccccc2)=C(c2ccccc2)O[C@H](c2ccco2)N1c1ccccc1. The van der Waals surface area contributed by atoms with Gasteiger partial charge in [0.1, 0.15) is 5.76 Å². The van der Waals surface area contributed by atoms with Crippen molar-refractivity contribution in [3.8, 4) is 0 Å². The molecular weight excluding hydrogens is 374 g/mol. The smallest absolute Gasteiger partial charge is 0.265 e. The lowest BCUT2D eigenvalue weighted by molar-refractivity contribution is -0.116. The quantitative estimate of drug-likeness (QED) is 0.433. The van der Waals surface area contributed by atoms with E-state index >= 15 is 0 Å². The number of hydrogen-bond acceptors (Lipinski definition) is 3. The minimum atomic E-state index is -0.711. The number of para-hydroxylation sites is 1. The molecule has 1 amide bonds. The first-order chi connectivity index (χ1) is 14.8. The van der Waals surface area contributed by atoms with Crippen molar-refractivity contribution in [1.82, 2.24) is 0 Å². The van der Waals surface area contributed by atoms with E-state index in [1.807, 2.05) is 97.1 Å². The monoisotopic (exact) mass is 393 g/mol. The van der Waals surface area contributed by atoms with Crippen molar-refractivity contribution in [3.05, 3.63) is 126 Å². The molecule has 0 fully saturated rings. The second-order valence-electron chi connectivity index (χ2n) is 6.93. The first-order valence-corrected chi connectivity index (χ1v) is 9.77. The maximum Gasteiger partial charge on any atom is 0.265 e. The van der Waals surface area contributed by atoms with Gasteiger partial charge in [0.05, 0.1) is 11.8 Å². The van der Waals surface area contributed by atoms with Crippen LogP contribution in [-0.4, -0.2) is 5.91 Å². The summed E-state index contributed by atoms with van der Waals surface area (Å²) in [5.41, 5.74) is 2.91. The van der Waals surface area contributed by atoms with Gasteiger partial charge >= 0.3 is 0 Å². The summed E-state index contributed by atoms with van der Waals surface area (Å²) in [6, 6.07) is 32.5. The maximum atomic E-state index is 14.0. The van der Waals surface area contributed by atoms with E-state index < -0.39 is 6.23 Å². The zero-order valence-electron chi connectivity index (χ0n) is 16.1. The molecule has 4 aromatic rings. The molecule has 0 saturated heterocycles. The summed E-state index contributed by atoms with van der Waals surface area (Å²) in [5.74, 6) is 0.965. The van der Waals surface area contributed by atoms with Crippen LogP contribution in [0.5, 0.6) is 0 Å². The zero-order chi connectivity index (χ0) is 20.3. The normalized spacial score (nSPS) is 16.5. The van der Waals surface area contributed by atoms with Crippen molar-refractivity contribution in [2.45, 2.75) is 6.23 Å². The number of rotatable bonds is 4. The molecule has 0 unspecified atom stereocenters. The first kappa shape index (κ1) is 18.0. The highest BCUT2D eigenvalue weighted by atomic mass is 16.5. The average molecular weight is 393 g/mol. The molecule has 0 bridgehead atoms. The van der Waals surface area contributed by atoms with E-state index in [9.17, 15) is 4.79 Å². The third-order valence-corrected chi connectivity index (χ3v) is 5.04. The van der Waals surface area contributed by atoms with Gasteiger partial charge < -0.3 is 9.15 Å². The van der Waals surface area contributed by atoms with E-state index in [0.29, 0.717) is 17.1 Å². The summed E-state index contributed by atoms with van der Waals surface area (Å²) in [5, 5.41) is 0. The Labute approximate surface area is 174 Å². The summed E-state index contributed by atoms with van der Waals surface area (Å²) in [7, 11) is 0. The van der Waals surface area contributed by atoms with Crippen LogP contribution in [0.3, 0.4) is 0 Å². The van der Waals surface area contributed by atoms with Crippen molar-refractivity contribution >= 4 is 22.9 Å². The first-order valence-electron chi connectivity index (χ1n) is 9.77. The molecule has 0 saturated carbocycles. The molecule has 146 valence electrons. The van der Waals surface area contributed by atoms with Crippen LogP contribution in [-0.2, 0) is 9.53 Å². The maximum absolute atomic E-state index is 14.0. The largest absolute Gasteiger partial charge is 0.463 e. The average Bonchev–Trinajstić information content (AvgIpc) is 3.35. The third kappa shape index (κ3) is 3.18. The van der Waals surface area contributed by atoms with Gasteiger partial charge in [-0.05, 0) is 29.8 Å². The standard InChI is InChI=1S/C26H19NO3/c28-25-23(19-11-4-1-5-12-19)24(20-13-6-2-7-14-20)30-26(22-17-10-18-29-22)27(25)21-15-8-3-9-16-21/h1-18,26H/t26-/m1/s1. The van der Waals surface area contributed by atoms with E-state index in [0.717, 1.165) is 16.8 Å². The summed E-state index contributed by atoms with van der Waals surface area (Å²) in [6.07, 6.45) is 0.878. The van der Waals surface area contributed by atoms with Crippen LogP contribution in [0, 0.1) is 0 Å². The van der Waals surface area contributed by atoms with Gasteiger partial charge in [-0.2, -0.15) is 0 Å². The highest BCUT2D eigenvalue weighted by Crippen LogP contribution is 2.42. The van der Waals surface area contributed by atoms with Gasteiger partial charge in [0.2, 0.25) is 6.23 Å². The molecule has 5 rings (SSSR count). The van der Waals surface area contributed by atoms with Crippen LogP contribution < -0.4 is 4.90 Å². The van der Waals surface area contributed by atoms with Crippen molar-refractivity contribution < 1.29 is 13.9 Å². The Kier molecular flexibility index (Phi) is 4.66. The Hall–Kier alpha value is -4.05. The number of amides is 1. The minimum Gasteiger partial charge on any atom is -0.463 e. The second-order valence-corrected chi connectivity index (χ2v) is 6.93. The van der Waals surface area contributed by atoms with Crippen LogP contribution in [0.4, 0.5) is 5.69 Å². The fourth-order valence-electron chi connectivity index (χ4n) is 3.67. The van der Waals surface area contributed by atoms with Crippen molar-refractivity contribution in [3.63, 3.8) is 0 Å². The van der Waals surface area contributed by atoms with Gasteiger partial charge in [-0.3, -0.25) is 9.69 Å².